The average Bonchev–Trinajstić information content (AvgIpc) is 1.89. The summed E-state index contributed by atoms with van der Waals surface area (Å²) in [6, 6.07) is 0.777. The minimum Gasteiger partial charge on any atom is -1.00 e. The Morgan fingerprint density at radius 3 is 2.45 bits per heavy atom. The van der Waals surface area contributed by atoms with E-state index in [1.54, 1.807) is 0 Å². The van der Waals surface area contributed by atoms with Gasteiger partial charge < -0.3 is 24.2 Å². The van der Waals surface area contributed by atoms with Gasteiger partial charge in [0.15, 0.2) is 0 Å². The van der Waals surface area contributed by atoms with Crippen molar-refractivity contribution in [2.45, 2.75) is 31.7 Å². The molecule has 1 unspecified atom stereocenters. The summed E-state index contributed by atoms with van der Waals surface area (Å²) >= 11 is 0. The van der Waals surface area contributed by atoms with Crippen LogP contribution < -0.4 is 12.4 Å². The summed E-state index contributed by atoms with van der Waals surface area (Å²) in [4.78, 5) is 2.43. The summed E-state index contributed by atoms with van der Waals surface area (Å²) in [6.07, 6.45) is 5.23. The van der Waals surface area contributed by atoms with Crippen molar-refractivity contribution in [3.05, 3.63) is 6.92 Å². The van der Waals surface area contributed by atoms with E-state index in [-0.39, 0.29) is 35.5 Å². The molecule has 62 valence electrons. The molecule has 0 aromatic rings. The summed E-state index contributed by atoms with van der Waals surface area (Å²) in [5, 5.41) is 0. The van der Waals surface area contributed by atoms with Gasteiger partial charge in [0.1, 0.15) is 0 Å². The van der Waals surface area contributed by atoms with Crippen LogP contribution in [-0.4, -0.2) is 47.6 Å². The van der Waals surface area contributed by atoms with Gasteiger partial charge in [-0.05, 0) is 32.5 Å². The Morgan fingerprint density at radius 1 is 1.45 bits per heavy atom. The molecule has 1 fully saturated rings. The standard InChI is InChI=1S/C8H16N.ClH.Mg/c1-3-8-6-4-5-7-9(8)2;;/h8H,1,3-7H2,2H3;1H;/q-1;;+2/p-1. The number of likely N-dealkylation sites (tertiary alicyclic amines) is 1. The molecule has 0 N–H and O–H groups in total. The van der Waals surface area contributed by atoms with Crippen LogP contribution in [-0.2, 0) is 0 Å². The molecule has 0 aromatic heterocycles. The van der Waals surface area contributed by atoms with E-state index in [1.807, 2.05) is 0 Å². The van der Waals surface area contributed by atoms with Gasteiger partial charge in [-0.25, -0.2) is 0 Å². The molecule has 1 atom stereocenters. The van der Waals surface area contributed by atoms with Crippen molar-refractivity contribution in [1.82, 2.24) is 4.90 Å². The molecule has 0 amide bonds. The normalized spacial score (nSPS) is 25.1. The van der Waals surface area contributed by atoms with Crippen LogP contribution in [0, 0.1) is 6.92 Å². The zero-order chi connectivity index (χ0) is 6.69. The molecule has 1 heterocycles. The maximum atomic E-state index is 3.92. The number of rotatable bonds is 1. The predicted octanol–water partition coefficient (Wildman–Crippen LogP) is -1.68. The smallest absolute Gasteiger partial charge is 1.00 e. The largest absolute Gasteiger partial charge is 2.00 e. The van der Waals surface area contributed by atoms with E-state index in [4.69, 9.17) is 0 Å². The second kappa shape index (κ2) is 7.65. The fraction of sp³-hybridized carbons (Fsp3) is 0.875. The van der Waals surface area contributed by atoms with Crippen molar-refractivity contribution in [2.24, 2.45) is 0 Å². The molecule has 1 aliphatic rings. The molecule has 1 nitrogen and oxygen atoms in total. The number of hydrogen-bond acceptors (Lipinski definition) is 1. The summed E-state index contributed by atoms with van der Waals surface area (Å²) in [5.41, 5.74) is 0. The Morgan fingerprint density at radius 2 is 2.09 bits per heavy atom. The maximum absolute atomic E-state index is 3.92. The molecule has 3 heteroatoms. The van der Waals surface area contributed by atoms with Crippen molar-refractivity contribution in [2.75, 3.05) is 13.6 Å². The Balaban J connectivity index is 0. The van der Waals surface area contributed by atoms with Crippen molar-refractivity contribution in [3.63, 3.8) is 0 Å². The molecule has 0 spiro atoms. The molecule has 11 heavy (non-hydrogen) atoms. The van der Waals surface area contributed by atoms with Gasteiger partial charge in [-0.15, -0.1) is 0 Å². The average molecular weight is 186 g/mol. The zero-order valence-corrected chi connectivity index (χ0v) is 9.52. The molecule has 0 radical (unpaired) electrons. The van der Waals surface area contributed by atoms with Crippen LogP contribution in [0.1, 0.15) is 25.7 Å². The Hall–Kier alpha value is 1.02. The first-order valence-electron chi connectivity index (χ1n) is 3.84. The van der Waals surface area contributed by atoms with Gasteiger partial charge in [0.05, 0.1) is 0 Å². The second-order valence-corrected chi connectivity index (χ2v) is 2.92. The van der Waals surface area contributed by atoms with Crippen molar-refractivity contribution < 1.29 is 12.4 Å². The van der Waals surface area contributed by atoms with Gasteiger partial charge in [0, 0.05) is 0 Å². The molecule has 1 rings (SSSR count). The molecule has 1 aliphatic heterocycles. The third-order valence-electron chi connectivity index (χ3n) is 2.25. The minimum absolute atomic E-state index is 0. The van der Waals surface area contributed by atoms with Gasteiger partial charge >= 0.3 is 23.1 Å². The van der Waals surface area contributed by atoms with Gasteiger partial charge in [0.25, 0.3) is 0 Å². The van der Waals surface area contributed by atoms with E-state index >= 15 is 0 Å². The topological polar surface area (TPSA) is 3.24 Å². The molecular weight excluding hydrogens is 170 g/mol. The third kappa shape index (κ3) is 4.56. The Bertz CT molecular complexity index is 90.2. The molecule has 0 bridgehead atoms. The molecular formula is C8H16ClMgN. The first kappa shape index (κ1) is 14.5. The SMILES string of the molecule is [CH2-]CC1CCCCN1C.[Cl-].[Mg+2]. The molecule has 0 saturated carbocycles. The molecule has 0 aliphatic carbocycles. The van der Waals surface area contributed by atoms with E-state index in [2.05, 4.69) is 18.9 Å². The van der Waals surface area contributed by atoms with E-state index in [0.29, 0.717) is 0 Å². The van der Waals surface area contributed by atoms with Crippen molar-refractivity contribution in [3.8, 4) is 0 Å². The minimum atomic E-state index is 0. The van der Waals surface area contributed by atoms with Crippen LogP contribution in [0.5, 0.6) is 0 Å². The molecule has 1 saturated heterocycles. The van der Waals surface area contributed by atoms with E-state index < -0.39 is 0 Å². The van der Waals surface area contributed by atoms with E-state index in [9.17, 15) is 0 Å². The monoisotopic (exact) mass is 185 g/mol. The number of hydrogen-bond donors (Lipinski definition) is 0. The third-order valence-corrected chi connectivity index (χ3v) is 2.25. The van der Waals surface area contributed by atoms with E-state index in [1.165, 1.54) is 25.8 Å². The van der Waals surface area contributed by atoms with Crippen molar-refractivity contribution >= 4 is 23.1 Å². The van der Waals surface area contributed by atoms with Crippen LogP contribution in [0.4, 0.5) is 0 Å². The summed E-state index contributed by atoms with van der Waals surface area (Å²) in [5.74, 6) is 0. The Labute approximate surface area is 92.5 Å². The summed E-state index contributed by atoms with van der Waals surface area (Å²) < 4.78 is 0. The Kier molecular flexibility index (Phi) is 10.1. The van der Waals surface area contributed by atoms with Crippen LogP contribution in [0.2, 0.25) is 0 Å². The van der Waals surface area contributed by atoms with Crippen LogP contribution in [0.25, 0.3) is 0 Å². The number of piperidine rings is 1. The number of nitrogens with zero attached hydrogens (tertiary/aromatic N) is 1. The van der Waals surface area contributed by atoms with Crippen molar-refractivity contribution in [1.29, 1.82) is 0 Å². The zero-order valence-electron chi connectivity index (χ0n) is 7.35. The summed E-state index contributed by atoms with van der Waals surface area (Å²) in [7, 11) is 2.20. The first-order chi connectivity index (χ1) is 4.34. The maximum Gasteiger partial charge on any atom is 2.00 e. The summed E-state index contributed by atoms with van der Waals surface area (Å²) in [6.45, 7) is 5.20. The number of halogens is 1. The van der Waals surface area contributed by atoms with Crippen LogP contribution >= 0.6 is 0 Å². The van der Waals surface area contributed by atoms with Crippen LogP contribution in [0.3, 0.4) is 0 Å². The van der Waals surface area contributed by atoms with Gasteiger partial charge in [-0.3, -0.25) is 0 Å². The van der Waals surface area contributed by atoms with Crippen LogP contribution in [0.15, 0.2) is 0 Å². The van der Waals surface area contributed by atoms with E-state index in [0.717, 1.165) is 12.5 Å². The predicted molar refractivity (Wildman–Crippen MR) is 46.0 cm³/mol. The fourth-order valence-electron chi connectivity index (χ4n) is 1.51. The second-order valence-electron chi connectivity index (χ2n) is 2.92. The molecule has 0 aromatic carbocycles. The van der Waals surface area contributed by atoms with Gasteiger partial charge in [-0.2, -0.15) is 6.42 Å². The fourth-order valence-corrected chi connectivity index (χ4v) is 1.51. The van der Waals surface area contributed by atoms with Gasteiger partial charge in [0.2, 0.25) is 0 Å². The quantitative estimate of drug-likeness (QED) is 0.349. The van der Waals surface area contributed by atoms with Gasteiger partial charge in [-0.1, -0.05) is 6.42 Å². The first-order valence-corrected chi connectivity index (χ1v) is 3.84.